The Labute approximate surface area is 118 Å². The van der Waals surface area contributed by atoms with Gasteiger partial charge in [-0.15, -0.1) is 0 Å². The van der Waals surface area contributed by atoms with Crippen molar-refractivity contribution in [2.75, 3.05) is 19.6 Å². The molecule has 2 aromatic rings. The Bertz CT molecular complexity index is 524. The van der Waals surface area contributed by atoms with Crippen LogP contribution in [0.25, 0.3) is 0 Å². The third-order valence-electron chi connectivity index (χ3n) is 3.82. The van der Waals surface area contributed by atoms with Crippen molar-refractivity contribution in [2.45, 2.75) is 18.9 Å². The van der Waals surface area contributed by atoms with Crippen molar-refractivity contribution in [3.63, 3.8) is 0 Å². The maximum Gasteiger partial charge on any atom is 0.0536 e. The number of hydrogen-bond donors (Lipinski definition) is 0. The van der Waals surface area contributed by atoms with Gasteiger partial charge < -0.3 is 4.90 Å². The Morgan fingerprint density at radius 1 is 1.21 bits per heavy atom. The maximum atomic E-state index is 6.28. The van der Waals surface area contributed by atoms with E-state index in [1.165, 1.54) is 12.0 Å². The molecule has 4 heteroatoms. The van der Waals surface area contributed by atoms with Crippen LogP contribution in [-0.2, 0) is 6.54 Å². The molecule has 1 aromatic heterocycles. The zero-order chi connectivity index (χ0) is 13.1. The molecule has 1 aliphatic heterocycles. The minimum absolute atomic E-state index is 0.575. The second-order valence-corrected chi connectivity index (χ2v) is 5.48. The molecule has 1 aromatic carbocycles. The lowest BCUT2D eigenvalue weighted by atomic mass is 9.98. The van der Waals surface area contributed by atoms with Crippen LogP contribution in [0.3, 0.4) is 0 Å². The minimum Gasteiger partial charge on any atom is -0.301 e. The highest BCUT2D eigenvalue weighted by atomic mass is 35.5. The standard InChI is InChI=1S/C15H18ClN3/c16-15-5-2-1-4-14(15)13-6-9-18(12-13)10-11-19-8-3-7-17-19/h1-5,7-8,13H,6,9-12H2/t13-/m0/s1. The molecule has 3 nitrogen and oxygen atoms in total. The maximum absolute atomic E-state index is 6.28. The summed E-state index contributed by atoms with van der Waals surface area (Å²) in [5.41, 5.74) is 1.30. The predicted octanol–water partition coefficient (Wildman–Crippen LogP) is 3.03. The van der Waals surface area contributed by atoms with Crippen LogP contribution in [0, 0.1) is 0 Å². The minimum atomic E-state index is 0.575. The van der Waals surface area contributed by atoms with Crippen molar-refractivity contribution in [2.24, 2.45) is 0 Å². The van der Waals surface area contributed by atoms with Gasteiger partial charge in [-0.2, -0.15) is 5.10 Å². The Kier molecular flexibility index (Phi) is 3.85. The molecule has 2 heterocycles. The molecule has 3 rings (SSSR count). The lowest BCUT2D eigenvalue weighted by molar-refractivity contribution is 0.312. The number of halogens is 1. The topological polar surface area (TPSA) is 21.1 Å². The van der Waals surface area contributed by atoms with Crippen LogP contribution in [0.5, 0.6) is 0 Å². The van der Waals surface area contributed by atoms with Gasteiger partial charge in [0, 0.05) is 30.5 Å². The zero-order valence-electron chi connectivity index (χ0n) is 10.9. The molecule has 1 atom stereocenters. The first-order valence-electron chi connectivity index (χ1n) is 6.77. The summed E-state index contributed by atoms with van der Waals surface area (Å²) in [5, 5.41) is 5.14. The second kappa shape index (κ2) is 5.76. The van der Waals surface area contributed by atoms with E-state index in [-0.39, 0.29) is 0 Å². The Morgan fingerprint density at radius 3 is 2.89 bits per heavy atom. The normalized spacial score (nSPS) is 19.9. The first-order chi connectivity index (χ1) is 9.33. The molecule has 0 spiro atoms. The smallest absolute Gasteiger partial charge is 0.0536 e. The van der Waals surface area contributed by atoms with Crippen molar-refractivity contribution in [1.82, 2.24) is 14.7 Å². The van der Waals surface area contributed by atoms with E-state index in [4.69, 9.17) is 11.6 Å². The fraction of sp³-hybridized carbons (Fsp3) is 0.400. The van der Waals surface area contributed by atoms with Gasteiger partial charge in [-0.3, -0.25) is 4.68 Å². The molecule has 19 heavy (non-hydrogen) atoms. The summed E-state index contributed by atoms with van der Waals surface area (Å²) in [7, 11) is 0. The highest BCUT2D eigenvalue weighted by Crippen LogP contribution is 2.31. The number of nitrogens with zero attached hydrogens (tertiary/aromatic N) is 3. The zero-order valence-corrected chi connectivity index (χ0v) is 11.6. The molecule has 0 amide bonds. The van der Waals surface area contributed by atoms with Crippen molar-refractivity contribution in [1.29, 1.82) is 0 Å². The summed E-state index contributed by atoms with van der Waals surface area (Å²) in [6, 6.07) is 10.2. The number of hydrogen-bond acceptors (Lipinski definition) is 2. The van der Waals surface area contributed by atoms with Gasteiger partial charge in [0.1, 0.15) is 0 Å². The van der Waals surface area contributed by atoms with Crippen LogP contribution in [0.1, 0.15) is 17.9 Å². The van der Waals surface area contributed by atoms with Gasteiger partial charge in [0.05, 0.1) is 6.54 Å². The summed E-state index contributed by atoms with van der Waals surface area (Å²) >= 11 is 6.28. The Hall–Kier alpha value is -1.32. The van der Waals surface area contributed by atoms with E-state index in [0.717, 1.165) is 31.2 Å². The Balaban J connectivity index is 1.57. The number of likely N-dealkylation sites (tertiary alicyclic amines) is 1. The molecule has 0 unspecified atom stereocenters. The van der Waals surface area contributed by atoms with Gasteiger partial charge in [-0.25, -0.2) is 0 Å². The van der Waals surface area contributed by atoms with Gasteiger partial charge in [0.15, 0.2) is 0 Å². The van der Waals surface area contributed by atoms with E-state index in [2.05, 4.69) is 22.1 Å². The average molecular weight is 276 g/mol. The van der Waals surface area contributed by atoms with Gasteiger partial charge >= 0.3 is 0 Å². The Morgan fingerprint density at radius 2 is 2.11 bits per heavy atom. The van der Waals surface area contributed by atoms with Gasteiger partial charge in [0.2, 0.25) is 0 Å². The predicted molar refractivity (Wildman–Crippen MR) is 77.5 cm³/mol. The van der Waals surface area contributed by atoms with E-state index < -0.39 is 0 Å². The summed E-state index contributed by atoms with van der Waals surface area (Å²) in [6.45, 7) is 4.27. The summed E-state index contributed by atoms with van der Waals surface area (Å²) in [4.78, 5) is 2.50. The molecule has 1 saturated heterocycles. The molecular weight excluding hydrogens is 258 g/mol. The van der Waals surface area contributed by atoms with Crippen molar-refractivity contribution < 1.29 is 0 Å². The molecule has 0 bridgehead atoms. The first-order valence-corrected chi connectivity index (χ1v) is 7.15. The number of rotatable bonds is 4. The fourth-order valence-electron chi connectivity index (χ4n) is 2.77. The molecular formula is C15H18ClN3. The van der Waals surface area contributed by atoms with Crippen LogP contribution in [-0.4, -0.2) is 34.3 Å². The van der Waals surface area contributed by atoms with Crippen LogP contribution >= 0.6 is 11.6 Å². The molecule has 0 aliphatic carbocycles. The van der Waals surface area contributed by atoms with Crippen LogP contribution in [0.2, 0.25) is 5.02 Å². The first kappa shape index (κ1) is 12.7. The van der Waals surface area contributed by atoms with E-state index in [9.17, 15) is 0 Å². The van der Waals surface area contributed by atoms with Gasteiger partial charge in [-0.05, 0) is 36.6 Å². The monoisotopic (exact) mass is 275 g/mol. The summed E-state index contributed by atoms with van der Waals surface area (Å²) in [5.74, 6) is 0.575. The second-order valence-electron chi connectivity index (χ2n) is 5.08. The average Bonchev–Trinajstić information content (AvgIpc) is 3.08. The van der Waals surface area contributed by atoms with Crippen molar-refractivity contribution in [3.05, 3.63) is 53.3 Å². The lowest BCUT2D eigenvalue weighted by Crippen LogP contribution is -2.25. The molecule has 0 saturated carbocycles. The lowest BCUT2D eigenvalue weighted by Gasteiger charge is -2.16. The molecule has 0 N–H and O–H groups in total. The summed E-state index contributed by atoms with van der Waals surface area (Å²) < 4.78 is 1.99. The van der Waals surface area contributed by atoms with Crippen molar-refractivity contribution >= 4 is 11.6 Å². The third-order valence-corrected chi connectivity index (χ3v) is 4.17. The number of aromatic nitrogens is 2. The molecule has 1 aliphatic rings. The molecule has 0 radical (unpaired) electrons. The van der Waals surface area contributed by atoms with Gasteiger partial charge in [-0.1, -0.05) is 29.8 Å². The van der Waals surface area contributed by atoms with E-state index >= 15 is 0 Å². The number of benzene rings is 1. The van der Waals surface area contributed by atoms with Gasteiger partial charge in [0.25, 0.3) is 0 Å². The van der Waals surface area contributed by atoms with Crippen molar-refractivity contribution in [3.8, 4) is 0 Å². The molecule has 100 valence electrons. The van der Waals surface area contributed by atoms with Crippen LogP contribution < -0.4 is 0 Å². The molecule has 1 fully saturated rings. The third kappa shape index (κ3) is 2.99. The van der Waals surface area contributed by atoms with Crippen LogP contribution in [0.15, 0.2) is 42.7 Å². The highest BCUT2D eigenvalue weighted by Gasteiger charge is 2.24. The van der Waals surface area contributed by atoms with E-state index in [0.29, 0.717) is 5.92 Å². The summed E-state index contributed by atoms with van der Waals surface area (Å²) in [6.07, 6.45) is 5.04. The fourth-order valence-corrected chi connectivity index (χ4v) is 3.06. The van der Waals surface area contributed by atoms with E-state index in [1.54, 1.807) is 0 Å². The van der Waals surface area contributed by atoms with Crippen LogP contribution in [0.4, 0.5) is 0 Å². The highest BCUT2D eigenvalue weighted by molar-refractivity contribution is 6.31. The largest absolute Gasteiger partial charge is 0.301 e. The quantitative estimate of drug-likeness (QED) is 0.855. The van der Waals surface area contributed by atoms with E-state index in [1.807, 2.05) is 35.3 Å². The SMILES string of the molecule is Clc1ccccc1[C@H]1CCN(CCn2cccn2)C1.